The summed E-state index contributed by atoms with van der Waals surface area (Å²) in [6.45, 7) is 0. The number of anilines is 1. The second-order valence-electron chi connectivity index (χ2n) is 6.27. The highest BCUT2D eigenvalue weighted by Crippen LogP contribution is 2.38. The van der Waals surface area contributed by atoms with Gasteiger partial charge in [0.1, 0.15) is 5.82 Å². The number of carbonyl (C=O) groups is 2. The van der Waals surface area contributed by atoms with E-state index in [1.54, 1.807) is 23.9 Å². The van der Waals surface area contributed by atoms with Gasteiger partial charge in [-0.3, -0.25) is 9.59 Å². The second-order valence-corrected chi connectivity index (χ2v) is 7.41. The zero-order valence-electron chi connectivity index (χ0n) is 13.4. The molecule has 0 aromatic heterocycles. The molecule has 4 rings (SSSR count). The lowest BCUT2D eigenvalue weighted by molar-refractivity contribution is -0.127. The molecular weight excluding hydrogens is 339 g/mol. The van der Waals surface area contributed by atoms with E-state index in [9.17, 15) is 14.0 Å². The Kier molecular flexibility index (Phi) is 4.21. The number of benzene rings is 2. The Morgan fingerprint density at radius 2 is 2.04 bits per heavy atom. The zero-order valence-corrected chi connectivity index (χ0v) is 14.2. The van der Waals surface area contributed by atoms with Gasteiger partial charge in [0.05, 0.1) is 12.0 Å². The fraction of sp³-hybridized carbons (Fsp3) is 0.263. The predicted octanol–water partition coefficient (Wildman–Crippen LogP) is 3.60. The monoisotopic (exact) mass is 356 g/mol. The summed E-state index contributed by atoms with van der Waals surface area (Å²) in [6.07, 6.45) is 0.869. The first-order valence-electron chi connectivity index (χ1n) is 8.23. The molecule has 0 fully saturated rings. The van der Waals surface area contributed by atoms with Crippen molar-refractivity contribution in [3.63, 3.8) is 0 Å². The van der Waals surface area contributed by atoms with Gasteiger partial charge >= 0.3 is 0 Å². The molecule has 2 N–H and O–H groups in total. The van der Waals surface area contributed by atoms with Gasteiger partial charge in [0.25, 0.3) is 0 Å². The molecule has 0 saturated heterocycles. The Morgan fingerprint density at radius 3 is 2.92 bits per heavy atom. The summed E-state index contributed by atoms with van der Waals surface area (Å²) in [5.74, 6) is -0.302. The fourth-order valence-corrected chi connectivity index (χ4v) is 4.54. The third-order valence-corrected chi connectivity index (χ3v) is 5.77. The molecule has 4 nitrogen and oxygen atoms in total. The van der Waals surface area contributed by atoms with Crippen LogP contribution in [0.1, 0.15) is 35.9 Å². The van der Waals surface area contributed by atoms with Crippen molar-refractivity contribution in [3.8, 4) is 0 Å². The topological polar surface area (TPSA) is 58.2 Å². The van der Waals surface area contributed by atoms with Crippen LogP contribution in [-0.4, -0.2) is 17.6 Å². The number of carbonyl (C=O) groups excluding carboxylic acids is 2. The van der Waals surface area contributed by atoms with Gasteiger partial charge in [0.15, 0.2) is 0 Å². The van der Waals surface area contributed by atoms with Gasteiger partial charge in [0, 0.05) is 22.8 Å². The molecule has 128 valence electrons. The standard InChI is InChI=1S/C19H17FN2O2S/c20-11-5-6-17-14(9-11)16(7-8-25-17)22-19(24)13-10-18(23)21-15-4-2-1-3-12(13)15/h1-6,9,13,16H,7-8,10H2,(H,21,23)(H,22,24). The van der Waals surface area contributed by atoms with Crippen molar-refractivity contribution in [2.75, 3.05) is 11.1 Å². The van der Waals surface area contributed by atoms with Crippen molar-refractivity contribution < 1.29 is 14.0 Å². The Labute approximate surface area is 149 Å². The normalized spacial score (nSPS) is 21.7. The fourth-order valence-electron chi connectivity index (χ4n) is 3.43. The first-order valence-corrected chi connectivity index (χ1v) is 9.22. The van der Waals surface area contributed by atoms with Crippen molar-refractivity contribution in [2.45, 2.75) is 29.7 Å². The smallest absolute Gasteiger partial charge is 0.228 e. The average molecular weight is 356 g/mol. The number of hydrogen-bond donors (Lipinski definition) is 2. The molecule has 25 heavy (non-hydrogen) atoms. The first kappa shape index (κ1) is 16.1. The summed E-state index contributed by atoms with van der Waals surface area (Å²) >= 11 is 1.67. The van der Waals surface area contributed by atoms with Crippen molar-refractivity contribution >= 4 is 29.3 Å². The highest BCUT2D eigenvalue weighted by molar-refractivity contribution is 7.99. The summed E-state index contributed by atoms with van der Waals surface area (Å²) in [5, 5.41) is 5.83. The minimum absolute atomic E-state index is 0.125. The number of rotatable bonds is 2. The third-order valence-electron chi connectivity index (χ3n) is 4.64. The lowest BCUT2D eigenvalue weighted by Crippen LogP contribution is -2.38. The SMILES string of the molecule is O=C1CC(C(=O)NC2CCSc3ccc(F)cc32)c2ccccc2N1. The van der Waals surface area contributed by atoms with E-state index in [-0.39, 0.29) is 30.1 Å². The predicted molar refractivity (Wildman–Crippen MR) is 95.1 cm³/mol. The van der Waals surface area contributed by atoms with Gasteiger partial charge in [-0.2, -0.15) is 0 Å². The molecule has 2 heterocycles. The molecular formula is C19H17FN2O2S. The van der Waals surface area contributed by atoms with Crippen molar-refractivity contribution in [2.24, 2.45) is 0 Å². The van der Waals surface area contributed by atoms with Crippen LogP contribution < -0.4 is 10.6 Å². The molecule has 2 aliphatic heterocycles. The van der Waals surface area contributed by atoms with Crippen LogP contribution in [0.2, 0.25) is 0 Å². The van der Waals surface area contributed by atoms with E-state index >= 15 is 0 Å². The minimum atomic E-state index is -0.517. The number of hydrogen-bond acceptors (Lipinski definition) is 3. The maximum Gasteiger partial charge on any atom is 0.228 e. The Morgan fingerprint density at radius 1 is 1.20 bits per heavy atom. The molecule has 2 amide bonds. The van der Waals surface area contributed by atoms with Crippen LogP contribution in [0.25, 0.3) is 0 Å². The van der Waals surface area contributed by atoms with Crippen LogP contribution in [-0.2, 0) is 9.59 Å². The van der Waals surface area contributed by atoms with Crippen molar-refractivity contribution in [1.82, 2.24) is 5.32 Å². The molecule has 2 aromatic rings. The van der Waals surface area contributed by atoms with Crippen LogP contribution in [0.3, 0.4) is 0 Å². The van der Waals surface area contributed by atoms with E-state index in [2.05, 4.69) is 10.6 Å². The Balaban J connectivity index is 1.60. The molecule has 2 atom stereocenters. The zero-order chi connectivity index (χ0) is 17.4. The minimum Gasteiger partial charge on any atom is -0.349 e. The van der Waals surface area contributed by atoms with Gasteiger partial charge in [0.2, 0.25) is 11.8 Å². The van der Waals surface area contributed by atoms with Crippen LogP contribution in [0, 0.1) is 5.82 Å². The van der Waals surface area contributed by atoms with Crippen molar-refractivity contribution in [1.29, 1.82) is 0 Å². The second kappa shape index (κ2) is 6.52. The number of para-hydroxylation sites is 1. The Hall–Kier alpha value is -2.34. The average Bonchev–Trinajstić information content (AvgIpc) is 2.61. The maximum absolute atomic E-state index is 13.6. The van der Waals surface area contributed by atoms with E-state index in [0.717, 1.165) is 28.2 Å². The van der Waals surface area contributed by atoms with E-state index in [0.29, 0.717) is 5.69 Å². The highest BCUT2D eigenvalue weighted by Gasteiger charge is 2.32. The van der Waals surface area contributed by atoms with E-state index < -0.39 is 5.92 Å². The van der Waals surface area contributed by atoms with Gasteiger partial charge in [-0.1, -0.05) is 18.2 Å². The summed E-state index contributed by atoms with van der Waals surface area (Å²) in [6, 6.07) is 11.8. The molecule has 0 aliphatic carbocycles. The number of nitrogens with one attached hydrogen (secondary N) is 2. The number of halogens is 1. The quantitative estimate of drug-likeness (QED) is 0.864. The highest BCUT2D eigenvalue weighted by atomic mass is 32.2. The largest absolute Gasteiger partial charge is 0.349 e. The van der Waals surface area contributed by atoms with Gasteiger partial charge < -0.3 is 10.6 Å². The molecule has 0 spiro atoms. The van der Waals surface area contributed by atoms with Gasteiger partial charge in [-0.15, -0.1) is 11.8 Å². The lowest BCUT2D eigenvalue weighted by Gasteiger charge is -2.30. The summed E-state index contributed by atoms with van der Waals surface area (Å²) < 4.78 is 13.6. The van der Waals surface area contributed by atoms with E-state index in [1.165, 1.54) is 12.1 Å². The number of amides is 2. The third kappa shape index (κ3) is 3.14. The van der Waals surface area contributed by atoms with E-state index in [4.69, 9.17) is 0 Å². The first-order chi connectivity index (χ1) is 12.1. The van der Waals surface area contributed by atoms with Crippen LogP contribution in [0.5, 0.6) is 0 Å². The van der Waals surface area contributed by atoms with Gasteiger partial charge in [-0.05, 0) is 41.8 Å². The summed E-state index contributed by atoms with van der Waals surface area (Å²) in [4.78, 5) is 25.8. The van der Waals surface area contributed by atoms with Crippen LogP contribution in [0.15, 0.2) is 47.4 Å². The number of thioether (sulfide) groups is 1. The molecule has 6 heteroatoms. The molecule has 0 bridgehead atoms. The molecule has 2 unspecified atom stereocenters. The van der Waals surface area contributed by atoms with Crippen molar-refractivity contribution in [3.05, 3.63) is 59.4 Å². The lowest BCUT2D eigenvalue weighted by atomic mass is 9.89. The number of fused-ring (bicyclic) bond motifs is 2. The summed E-state index contributed by atoms with van der Waals surface area (Å²) in [5.41, 5.74) is 2.33. The molecule has 2 aliphatic rings. The molecule has 0 radical (unpaired) electrons. The van der Waals surface area contributed by atoms with Gasteiger partial charge in [-0.25, -0.2) is 4.39 Å². The van der Waals surface area contributed by atoms with Crippen LogP contribution >= 0.6 is 11.8 Å². The maximum atomic E-state index is 13.6. The van der Waals surface area contributed by atoms with E-state index in [1.807, 2.05) is 18.2 Å². The summed E-state index contributed by atoms with van der Waals surface area (Å²) in [7, 11) is 0. The molecule has 0 saturated carbocycles. The Bertz CT molecular complexity index is 855. The molecule has 2 aromatic carbocycles. The van der Waals surface area contributed by atoms with Crippen LogP contribution in [0.4, 0.5) is 10.1 Å².